The van der Waals surface area contributed by atoms with Crippen LogP contribution >= 0.6 is 0 Å². The Hall–Kier alpha value is -2.81. The summed E-state index contributed by atoms with van der Waals surface area (Å²) in [6.07, 6.45) is -2.00. The zero-order valence-corrected chi connectivity index (χ0v) is 17.0. The number of hydrogen-bond acceptors (Lipinski definition) is 7. The number of amides is 2. The summed E-state index contributed by atoms with van der Waals surface area (Å²) in [5, 5.41) is 6.17. The van der Waals surface area contributed by atoms with E-state index < -0.39 is 56.7 Å². The van der Waals surface area contributed by atoms with Crippen LogP contribution in [-0.2, 0) is 29.2 Å². The number of ether oxygens (including phenoxy) is 1. The molecule has 3 atom stereocenters. The second-order valence-electron chi connectivity index (χ2n) is 7.34. The van der Waals surface area contributed by atoms with Gasteiger partial charge in [0.05, 0.1) is 18.4 Å². The van der Waals surface area contributed by atoms with Crippen LogP contribution in [0, 0.1) is 11.6 Å². The first-order valence-electron chi connectivity index (χ1n) is 8.97. The molecule has 0 aliphatic carbocycles. The highest BCUT2D eigenvalue weighted by atomic mass is 32.2. The Morgan fingerprint density at radius 3 is 2.41 bits per heavy atom. The summed E-state index contributed by atoms with van der Waals surface area (Å²) in [5.41, 5.74) is -7.06. The summed E-state index contributed by atoms with van der Waals surface area (Å²) < 4.78 is 91.9. The lowest BCUT2D eigenvalue weighted by atomic mass is 9.94. The van der Waals surface area contributed by atoms with Gasteiger partial charge in [-0.05, 0) is 19.1 Å². The maximum Gasteiger partial charge on any atom is 0.516 e. The number of nitrogens with zero attached hydrogens (tertiary/aromatic N) is 1. The molecule has 176 valence electrons. The Morgan fingerprint density at radius 1 is 1.19 bits per heavy atom. The molecule has 0 spiro atoms. The van der Waals surface area contributed by atoms with Crippen molar-refractivity contribution in [1.82, 2.24) is 10.0 Å². The number of halogens is 5. The van der Waals surface area contributed by atoms with Crippen LogP contribution in [0.4, 0.5) is 22.0 Å². The van der Waals surface area contributed by atoms with Gasteiger partial charge in [0.2, 0.25) is 5.60 Å². The van der Waals surface area contributed by atoms with Gasteiger partial charge in [-0.15, -0.1) is 0 Å². The third-order valence-electron chi connectivity index (χ3n) is 4.70. The van der Waals surface area contributed by atoms with Crippen molar-refractivity contribution in [3.63, 3.8) is 0 Å². The predicted molar refractivity (Wildman–Crippen MR) is 96.4 cm³/mol. The normalized spacial score (nSPS) is 25.8. The Labute approximate surface area is 178 Å². The van der Waals surface area contributed by atoms with Gasteiger partial charge in [0.1, 0.15) is 17.7 Å². The van der Waals surface area contributed by atoms with Crippen LogP contribution in [0.2, 0.25) is 0 Å². The number of hydrogen-bond donors (Lipinski definition) is 2. The highest BCUT2D eigenvalue weighted by Gasteiger charge is 2.49. The summed E-state index contributed by atoms with van der Waals surface area (Å²) in [6.45, 7) is 1.07. The van der Waals surface area contributed by atoms with Crippen LogP contribution in [0.5, 0.6) is 0 Å². The minimum Gasteiger partial charge on any atom is -0.379 e. The molecule has 1 saturated heterocycles. The molecule has 0 aromatic heterocycles. The van der Waals surface area contributed by atoms with Gasteiger partial charge in [0.15, 0.2) is 0 Å². The topological polar surface area (TPSA) is 123 Å². The minimum atomic E-state index is -5.89. The second-order valence-corrected chi connectivity index (χ2v) is 9.01. The van der Waals surface area contributed by atoms with Crippen molar-refractivity contribution in [2.45, 2.75) is 43.0 Å². The first-order valence-corrected chi connectivity index (χ1v) is 10.5. The van der Waals surface area contributed by atoms with Gasteiger partial charge >= 0.3 is 15.5 Å². The Kier molecular flexibility index (Phi) is 6.16. The molecule has 2 heterocycles. The molecule has 2 unspecified atom stereocenters. The molecule has 0 bridgehead atoms. The maximum atomic E-state index is 13.4. The molecule has 2 amide bonds. The Bertz CT molecular complexity index is 1060. The zero-order valence-electron chi connectivity index (χ0n) is 16.2. The van der Waals surface area contributed by atoms with Gasteiger partial charge in [-0.2, -0.15) is 21.6 Å². The third kappa shape index (κ3) is 4.98. The van der Waals surface area contributed by atoms with Crippen LogP contribution in [0.25, 0.3) is 0 Å². The number of nitrogens with one attached hydrogen (secondary N) is 2. The zero-order chi connectivity index (χ0) is 23.9. The summed E-state index contributed by atoms with van der Waals surface area (Å²) in [6, 6.07) is 1.84. The van der Waals surface area contributed by atoms with Gasteiger partial charge < -0.3 is 14.9 Å². The number of sulfonamides is 1. The third-order valence-corrected chi connectivity index (χ3v) is 5.78. The van der Waals surface area contributed by atoms with Crippen LogP contribution in [0.1, 0.15) is 25.3 Å². The van der Waals surface area contributed by atoms with Gasteiger partial charge in [-0.25, -0.2) is 13.5 Å². The van der Waals surface area contributed by atoms with Gasteiger partial charge in [-0.1, -0.05) is 5.16 Å². The first kappa shape index (κ1) is 23.8. The first-order chi connectivity index (χ1) is 14.7. The Balaban J connectivity index is 1.57. The van der Waals surface area contributed by atoms with Gasteiger partial charge in [0.25, 0.3) is 11.8 Å². The molecule has 9 nitrogen and oxygen atoms in total. The highest BCUT2D eigenvalue weighted by molar-refractivity contribution is 7.90. The number of alkyl halides is 3. The molecule has 3 rings (SSSR count). The highest BCUT2D eigenvalue weighted by Crippen LogP contribution is 2.28. The fourth-order valence-corrected chi connectivity index (χ4v) is 3.55. The largest absolute Gasteiger partial charge is 0.516 e. The SMILES string of the molecule is C[C@]1(C(=O)NC2COC(C(=O)NS(=O)(=O)C(F)(F)F)C2)CC(c2cc(F)cc(F)c2)=NO1. The number of carbonyl (C=O) groups is 2. The number of benzene rings is 1. The lowest BCUT2D eigenvalue weighted by Gasteiger charge is -2.22. The quantitative estimate of drug-likeness (QED) is 0.602. The fourth-order valence-electron chi connectivity index (χ4n) is 3.04. The van der Waals surface area contributed by atoms with E-state index in [1.807, 2.05) is 0 Å². The molecule has 1 aromatic carbocycles. The molecule has 0 radical (unpaired) electrons. The van der Waals surface area contributed by atoms with Crippen LogP contribution < -0.4 is 10.0 Å². The average molecular weight is 485 g/mol. The lowest BCUT2D eigenvalue weighted by molar-refractivity contribution is -0.142. The molecular weight excluding hydrogens is 469 g/mol. The van der Waals surface area contributed by atoms with Crippen molar-refractivity contribution in [1.29, 1.82) is 0 Å². The van der Waals surface area contributed by atoms with E-state index in [0.717, 1.165) is 16.9 Å². The molecule has 15 heteroatoms. The van der Waals surface area contributed by atoms with Crippen molar-refractivity contribution in [3.05, 3.63) is 35.4 Å². The van der Waals surface area contributed by atoms with E-state index in [4.69, 9.17) is 9.57 Å². The maximum absolute atomic E-state index is 13.4. The summed E-state index contributed by atoms with van der Waals surface area (Å²) in [7, 11) is -5.89. The van der Waals surface area contributed by atoms with E-state index in [9.17, 15) is 40.0 Å². The number of oxime groups is 1. The summed E-state index contributed by atoms with van der Waals surface area (Å²) >= 11 is 0. The van der Waals surface area contributed by atoms with Gasteiger partial charge in [0, 0.05) is 24.5 Å². The van der Waals surface area contributed by atoms with E-state index in [0.29, 0.717) is 6.07 Å². The molecule has 0 saturated carbocycles. The van der Waals surface area contributed by atoms with Gasteiger partial charge in [-0.3, -0.25) is 9.59 Å². The lowest BCUT2D eigenvalue weighted by Crippen LogP contribution is -2.49. The van der Waals surface area contributed by atoms with Crippen molar-refractivity contribution in [3.8, 4) is 0 Å². The standard InChI is InChI=1S/C17H16F5N3O6S/c1-16(6-12(24-31-16)8-2-9(18)4-10(19)3-8)15(27)23-11-5-13(30-7-11)14(26)25-32(28,29)17(20,21)22/h2-4,11,13H,5-7H2,1H3,(H,23,27)(H,25,26)/t11?,13?,16-/m1/s1. The molecule has 32 heavy (non-hydrogen) atoms. The average Bonchev–Trinajstić information content (AvgIpc) is 3.27. The van der Waals surface area contributed by atoms with Crippen LogP contribution in [0.15, 0.2) is 23.4 Å². The molecule has 2 N–H and O–H groups in total. The molecule has 2 aliphatic heterocycles. The van der Waals surface area contributed by atoms with E-state index in [1.165, 1.54) is 6.92 Å². The summed E-state index contributed by atoms with van der Waals surface area (Å²) in [5.74, 6) is -3.95. The molecule has 2 aliphatic rings. The monoisotopic (exact) mass is 485 g/mol. The minimum absolute atomic E-state index is 0.0748. The van der Waals surface area contributed by atoms with E-state index in [-0.39, 0.29) is 30.7 Å². The predicted octanol–water partition coefficient (Wildman–Crippen LogP) is 1.09. The van der Waals surface area contributed by atoms with E-state index in [2.05, 4.69) is 10.5 Å². The number of rotatable bonds is 5. The summed E-state index contributed by atoms with van der Waals surface area (Å²) in [4.78, 5) is 29.5. The smallest absolute Gasteiger partial charge is 0.379 e. The van der Waals surface area contributed by atoms with E-state index in [1.54, 1.807) is 0 Å². The van der Waals surface area contributed by atoms with Crippen LogP contribution in [-0.4, -0.2) is 55.8 Å². The van der Waals surface area contributed by atoms with Crippen LogP contribution in [0.3, 0.4) is 0 Å². The Morgan fingerprint density at radius 2 is 1.81 bits per heavy atom. The van der Waals surface area contributed by atoms with Crippen molar-refractivity contribution >= 4 is 27.5 Å². The molecular formula is C17H16F5N3O6S. The second kappa shape index (κ2) is 8.27. The number of carbonyl (C=O) groups excluding carboxylic acids is 2. The molecule has 1 aromatic rings. The van der Waals surface area contributed by atoms with E-state index >= 15 is 0 Å². The van der Waals surface area contributed by atoms with Crippen molar-refractivity contribution in [2.75, 3.05) is 6.61 Å². The van der Waals surface area contributed by atoms with Crippen molar-refractivity contribution in [2.24, 2.45) is 5.16 Å². The van der Waals surface area contributed by atoms with Crippen molar-refractivity contribution < 1.29 is 49.5 Å². The molecule has 1 fully saturated rings. The fraction of sp³-hybridized carbons (Fsp3) is 0.471.